The first-order chi connectivity index (χ1) is 5.57. The van der Waals surface area contributed by atoms with Gasteiger partial charge in [0.05, 0.1) is 24.9 Å². The van der Waals surface area contributed by atoms with E-state index in [0.717, 1.165) is 0 Å². The molecule has 12 heavy (non-hydrogen) atoms. The van der Waals surface area contributed by atoms with Gasteiger partial charge >= 0.3 is 0 Å². The highest BCUT2D eigenvalue weighted by molar-refractivity contribution is 4.92. The molecule has 0 radical (unpaired) electrons. The zero-order valence-electron chi connectivity index (χ0n) is 7.09. The molecule has 4 N–H and O–H groups in total. The van der Waals surface area contributed by atoms with Crippen LogP contribution in [0.1, 0.15) is 13.3 Å². The Balaban J connectivity index is 2.58. The maximum Gasteiger partial charge on any atom is 0.0855 e. The van der Waals surface area contributed by atoms with E-state index in [-0.39, 0.29) is 18.4 Å². The summed E-state index contributed by atoms with van der Waals surface area (Å²) in [5, 5.41) is 36.6. The Morgan fingerprint density at radius 1 is 1.33 bits per heavy atom. The summed E-state index contributed by atoms with van der Waals surface area (Å²) in [5.41, 5.74) is 0. The minimum atomic E-state index is -0.917. The van der Waals surface area contributed by atoms with Gasteiger partial charge in [0, 0.05) is 5.92 Å². The van der Waals surface area contributed by atoms with E-state index < -0.39 is 18.3 Å². The van der Waals surface area contributed by atoms with Crippen LogP contribution in [-0.2, 0) is 0 Å². The molecule has 1 rings (SSSR count). The first-order valence-electron chi connectivity index (χ1n) is 4.23. The lowest BCUT2D eigenvalue weighted by molar-refractivity contribution is -0.0395. The lowest BCUT2D eigenvalue weighted by Crippen LogP contribution is -2.35. The molecular formula is C8H16O4. The van der Waals surface area contributed by atoms with Crippen LogP contribution in [0.4, 0.5) is 0 Å². The van der Waals surface area contributed by atoms with Crippen molar-refractivity contribution in [1.29, 1.82) is 0 Å². The quantitative estimate of drug-likeness (QED) is 0.422. The number of rotatable bonds is 2. The smallest absolute Gasteiger partial charge is 0.0855 e. The van der Waals surface area contributed by atoms with Crippen molar-refractivity contribution >= 4 is 0 Å². The van der Waals surface area contributed by atoms with E-state index in [4.69, 9.17) is 5.11 Å². The Labute approximate surface area is 71.5 Å². The third kappa shape index (κ3) is 1.61. The first kappa shape index (κ1) is 9.92. The Hall–Kier alpha value is -0.160. The van der Waals surface area contributed by atoms with Crippen LogP contribution in [0.2, 0.25) is 0 Å². The van der Waals surface area contributed by atoms with Gasteiger partial charge in [0.25, 0.3) is 0 Å². The van der Waals surface area contributed by atoms with E-state index in [1.165, 1.54) is 0 Å². The Morgan fingerprint density at radius 3 is 2.25 bits per heavy atom. The highest BCUT2D eigenvalue weighted by Gasteiger charge is 2.42. The van der Waals surface area contributed by atoms with Crippen LogP contribution in [-0.4, -0.2) is 45.3 Å². The molecule has 0 bridgehead atoms. The second-order valence-electron chi connectivity index (χ2n) is 3.61. The van der Waals surface area contributed by atoms with Crippen LogP contribution < -0.4 is 0 Å². The minimum Gasteiger partial charge on any atom is -0.394 e. The van der Waals surface area contributed by atoms with Crippen LogP contribution in [0.25, 0.3) is 0 Å². The molecule has 0 aromatic heterocycles. The Morgan fingerprint density at radius 2 is 1.92 bits per heavy atom. The summed E-state index contributed by atoms with van der Waals surface area (Å²) >= 11 is 0. The van der Waals surface area contributed by atoms with Gasteiger partial charge in [-0.3, -0.25) is 0 Å². The van der Waals surface area contributed by atoms with Gasteiger partial charge in [0.1, 0.15) is 0 Å². The molecule has 0 aromatic carbocycles. The predicted octanol–water partition coefficient (Wildman–Crippen LogP) is -1.28. The van der Waals surface area contributed by atoms with Gasteiger partial charge in [-0.15, -0.1) is 0 Å². The molecule has 4 nitrogen and oxygen atoms in total. The summed E-state index contributed by atoms with van der Waals surface area (Å²) in [7, 11) is 0. The van der Waals surface area contributed by atoms with Gasteiger partial charge in [-0.1, -0.05) is 6.92 Å². The summed E-state index contributed by atoms with van der Waals surface area (Å²) in [6, 6.07) is 0. The summed E-state index contributed by atoms with van der Waals surface area (Å²) in [5.74, 6) is -0.397. The zero-order valence-corrected chi connectivity index (χ0v) is 7.09. The SMILES string of the molecule is CC1CC(C(O)CO)C(O)C1O. The molecule has 1 aliphatic carbocycles. The predicted molar refractivity (Wildman–Crippen MR) is 42.4 cm³/mol. The summed E-state index contributed by atoms with van der Waals surface area (Å²) in [4.78, 5) is 0. The van der Waals surface area contributed by atoms with Gasteiger partial charge in [0.15, 0.2) is 0 Å². The molecule has 4 heteroatoms. The van der Waals surface area contributed by atoms with Crippen molar-refractivity contribution in [2.75, 3.05) is 6.61 Å². The van der Waals surface area contributed by atoms with E-state index >= 15 is 0 Å². The molecule has 5 unspecified atom stereocenters. The molecule has 0 spiro atoms. The molecule has 0 heterocycles. The molecule has 0 amide bonds. The summed E-state index contributed by atoms with van der Waals surface area (Å²) in [6.45, 7) is 1.46. The van der Waals surface area contributed by atoms with Gasteiger partial charge in [-0.25, -0.2) is 0 Å². The summed E-state index contributed by atoms with van der Waals surface area (Å²) in [6.07, 6.45) is -2.03. The second kappa shape index (κ2) is 3.70. The fourth-order valence-corrected chi connectivity index (χ4v) is 1.82. The van der Waals surface area contributed by atoms with Gasteiger partial charge in [-0.05, 0) is 12.3 Å². The van der Waals surface area contributed by atoms with Crippen LogP contribution in [0.15, 0.2) is 0 Å². The second-order valence-corrected chi connectivity index (χ2v) is 3.61. The van der Waals surface area contributed by atoms with E-state index in [9.17, 15) is 15.3 Å². The largest absolute Gasteiger partial charge is 0.394 e. The Bertz CT molecular complexity index is 150. The van der Waals surface area contributed by atoms with Crippen LogP contribution in [0, 0.1) is 11.8 Å². The van der Waals surface area contributed by atoms with E-state index in [0.29, 0.717) is 6.42 Å². The molecular weight excluding hydrogens is 160 g/mol. The molecule has 1 aliphatic rings. The summed E-state index contributed by atoms with van der Waals surface area (Å²) < 4.78 is 0. The Kier molecular flexibility index (Phi) is 3.06. The van der Waals surface area contributed by atoms with Crippen LogP contribution in [0.3, 0.4) is 0 Å². The van der Waals surface area contributed by atoms with Gasteiger partial charge in [-0.2, -0.15) is 0 Å². The lowest BCUT2D eigenvalue weighted by Gasteiger charge is -2.20. The van der Waals surface area contributed by atoms with Crippen molar-refractivity contribution in [1.82, 2.24) is 0 Å². The third-order valence-corrected chi connectivity index (χ3v) is 2.70. The van der Waals surface area contributed by atoms with Crippen LogP contribution in [0.5, 0.6) is 0 Å². The molecule has 72 valence electrons. The van der Waals surface area contributed by atoms with Crippen molar-refractivity contribution in [2.45, 2.75) is 31.7 Å². The van der Waals surface area contributed by atoms with E-state index in [2.05, 4.69) is 0 Å². The maximum atomic E-state index is 9.41. The highest BCUT2D eigenvalue weighted by Crippen LogP contribution is 2.33. The van der Waals surface area contributed by atoms with Crippen molar-refractivity contribution < 1.29 is 20.4 Å². The van der Waals surface area contributed by atoms with E-state index in [1.807, 2.05) is 6.92 Å². The molecule has 0 aromatic rings. The van der Waals surface area contributed by atoms with Crippen molar-refractivity contribution in [3.05, 3.63) is 0 Å². The van der Waals surface area contributed by atoms with Crippen molar-refractivity contribution in [3.63, 3.8) is 0 Å². The molecule has 5 atom stereocenters. The standard InChI is InChI=1S/C8H16O4/c1-4-2-5(6(10)3-9)8(12)7(4)11/h4-12H,2-3H2,1H3. The van der Waals surface area contributed by atoms with E-state index in [1.54, 1.807) is 0 Å². The average molecular weight is 176 g/mol. The number of aliphatic hydroxyl groups excluding tert-OH is 4. The zero-order chi connectivity index (χ0) is 9.30. The fraction of sp³-hybridized carbons (Fsp3) is 1.00. The molecule has 0 aliphatic heterocycles. The van der Waals surface area contributed by atoms with Gasteiger partial charge in [0.2, 0.25) is 0 Å². The topological polar surface area (TPSA) is 80.9 Å². The third-order valence-electron chi connectivity index (χ3n) is 2.70. The maximum absolute atomic E-state index is 9.41. The highest BCUT2D eigenvalue weighted by atomic mass is 16.3. The fourth-order valence-electron chi connectivity index (χ4n) is 1.82. The first-order valence-corrected chi connectivity index (χ1v) is 4.23. The minimum absolute atomic E-state index is 0.00815. The molecule has 1 fully saturated rings. The molecule has 0 saturated heterocycles. The van der Waals surface area contributed by atoms with Crippen LogP contribution >= 0.6 is 0 Å². The average Bonchev–Trinajstić information content (AvgIpc) is 2.32. The number of hydrogen-bond donors (Lipinski definition) is 4. The normalized spacial score (nSPS) is 44.8. The lowest BCUT2D eigenvalue weighted by atomic mass is 9.98. The van der Waals surface area contributed by atoms with Gasteiger partial charge < -0.3 is 20.4 Å². The number of aliphatic hydroxyl groups is 4. The molecule has 1 saturated carbocycles. The monoisotopic (exact) mass is 176 g/mol. The number of hydrogen-bond acceptors (Lipinski definition) is 4. The van der Waals surface area contributed by atoms with Crippen molar-refractivity contribution in [2.24, 2.45) is 11.8 Å². The van der Waals surface area contributed by atoms with Crippen molar-refractivity contribution in [3.8, 4) is 0 Å².